The third-order valence-electron chi connectivity index (χ3n) is 7.11. The highest BCUT2D eigenvalue weighted by molar-refractivity contribution is 5.79. The summed E-state index contributed by atoms with van der Waals surface area (Å²) in [4.78, 5) is 22.0. The lowest BCUT2D eigenvalue weighted by Gasteiger charge is -2.12. The molecule has 0 spiro atoms. The van der Waals surface area contributed by atoms with E-state index >= 15 is 0 Å². The Morgan fingerprint density at radius 2 is 1.62 bits per heavy atom. The van der Waals surface area contributed by atoms with E-state index in [-0.39, 0.29) is 5.69 Å². The number of aryl methyl sites for hydroxylation is 3. The van der Waals surface area contributed by atoms with E-state index in [0.717, 1.165) is 57.0 Å². The first kappa shape index (κ1) is 24.5. The molecule has 6 rings (SSSR count). The molecule has 0 unspecified atom stereocenters. The van der Waals surface area contributed by atoms with Gasteiger partial charge in [0.15, 0.2) is 5.65 Å². The normalized spacial score (nSPS) is 11.5. The summed E-state index contributed by atoms with van der Waals surface area (Å²) in [5, 5.41) is 13.4. The van der Waals surface area contributed by atoms with Crippen molar-refractivity contribution in [3.63, 3.8) is 0 Å². The van der Waals surface area contributed by atoms with Gasteiger partial charge >= 0.3 is 5.69 Å². The van der Waals surface area contributed by atoms with Gasteiger partial charge in [-0.2, -0.15) is 4.80 Å². The van der Waals surface area contributed by atoms with Crippen LogP contribution in [0, 0.1) is 20.8 Å². The Hall–Kier alpha value is -4.79. The zero-order chi connectivity index (χ0) is 27.1. The number of rotatable bonds is 7. The lowest BCUT2D eigenvalue weighted by atomic mass is 10.0. The highest BCUT2D eigenvalue weighted by Gasteiger charge is 2.20. The number of hydrogen-bond acceptors (Lipinski definition) is 5. The van der Waals surface area contributed by atoms with Gasteiger partial charge in [0.05, 0.1) is 24.3 Å². The second-order valence-corrected chi connectivity index (χ2v) is 9.91. The first-order chi connectivity index (χ1) is 18.9. The molecule has 0 atom stereocenters. The molecule has 196 valence electrons. The van der Waals surface area contributed by atoms with E-state index in [4.69, 9.17) is 5.10 Å². The van der Waals surface area contributed by atoms with Gasteiger partial charge < -0.3 is 9.55 Å². The molecular formula is C30H30N8O. The molecule has 0 aliphatic rings. The third-order valence-corrected chi connectivity index (χ3v) is 7.11. The summed E-state index contributed by atoms with van der Waals surface area (Å²) in [6.45, 7) is 9.98. The highest BCUT2D eigenvalue weighted by Crippen LogP contribution is 2.33. The summed E-state index contributed by atoms with van der Waals surface area (Å²) in [7, 11) is 0. The molecule has 0 bridgehead atoms. The SMILES string of the molecule is CCn1c(C)cc(-c2nnn(Cc3ccccc3)n2)c1-c1ccc(Cn2c(=O)[nH]c3c(C)cc(C)nc32)cc1. The number of pyridine rings is 1. The molecule has 0 saturated carbocycles. The van der Waals surface area contributed by atoms with Crippen LogP contribution in [0.3, 0.4) is 0 Å². The number of aromatic amines is 1. The summed E-state index contributed by atoms with van der Waals surface area (Å²) in [5.74, 6) is 0.600. The number of benzene rings is 2. The van der Waals surface area contributed by atoms with Crippen LogP contribution in [-0.4, -0.2) is 39.3 Å². The minimum absolute atomic E-state index is 0.155. The number of tetrazole rings is 1. The van der Waals surface area contributed by atoms with E-state index in [9.17, 15) is 4.79 Å². The van der Waals surface area contributed by atoms with Crippen molar-refractivity contribution in [1.29, 1.82) is 0 Å². The molecular weight excluding hydrogens is 488 g/mol. The van der Waals surface area contributed by atoms with E-state index in [2.05, 4.69) is 81.2 Å². The fourth-order valence-corrected chi connectivity index (χ4v) is 5.27. The van der Waals surface area contributed by atoms with Crippen LogP contribution in [0.2, 0.25) is 0 Å². The minimum Gasteiger partial charge on any atom is -0.345 e. The van der Waals surface area contributed by atoms with Crippen molar-refractivity contribution in [2.45, 2.75) is 47.3 Å². The van der Waals surface area contributed by atoms with E-state index < -0.39 is 0 Å². The molecule has 2 aromatic carbocycles. The molecule has 1 N–H and O–H groups in total. The molecule has 9 heteroatoms. The molecule has 0 amide bonds. The third kappa shape index (κ3) is 4.56. The van der Waals surface area contributed by atoms with Crippen LogP contribution in [0.1, 0.15) is 35.0 Å². The molecule has 6 aromatic rings. The van der Waals surface area contributed by atoms with Crippen molar-refractivity contribution in [2.75, 3.05) is 0 Å². The van der Waals surface area contributed by atoms with E-state index in [0.29, 0.717) is 24.6 Å². The van der Waals surface area contributed by atoms with Crippen LogP contribution in [0.25, 0.3) is 33.8 Å². The number of fused-ring (bicyclic) bond motifs is 1. The maximum atomic E-state index is 12.7. The first-order valence-corrected chi connectivity index (χ1v) is 13.1. The fourth-order valence-electron chi connectivity index (χ4n) is 5.27. The number of nitrogens with zero attached hydrogens (tertiary/aromatic N) is 7. The maximum absolute atomic E-state index is 12.7. The predicted molar refractivity (Wildman–Crippen MR) is 152 cm³/mol. The summed E-state index contributed by atoms with van der Waals surface area (Å²) >= 11 is 0. The van der Waals surface area contributed by atoms with Gasteiger partial charge in [0, 0.05) is 23.5 Å². The standard InChI is InChI=1S/C30H30N8O/c1-5-36-21(4)16-25(28-33-35-38(34-28)18-22-9-7-6-8-10-22)27(36)24-13-11-23(12-14-24)17-37-29-26(32-30(37)39)19(2)15-20(3)31-29/h6-16H,5,17-18H2,1-4H3,(H,32,39). The fraction of sp³-hybridized carbons (Fsp3) is 0.233. The summed E-state index contributed by atoms with van der Waals surface area (Å²) in [6, 6.07) is 22.5. The largest absolute Gasteiger partial charge is 0.345 e. The van der Waals surface area contributed by atoms with Crippen molar-refractivity contribution in [3.8, 4) is 22.6 Å². The lowest BCUT2D eigenvalue weighted by molar-refractivity contribution is 0.573. The molecule has 0 fully saturated rings. The second kappa shape index (κ2) is 9.83. The van der Waals surface area contributed by atoms with Crippen LogP contribution in [0.15, 0.2) is 71.5 Å². The van der Waals surface area contributed by atoms with Gasteiger partial charge in [0.1, 0.15) is 0 Å². The smallest absolute Gasteiger partial charge is 0.327 e. The van der Waals surface area contributed by atoms with Crippen LogP contribution < -0.4 is 5.69 Å². The summed E-state index contributed by atoms with van der Waals surface area (Å²) < 4.78 is 3.96. The Morgan fingerprint density at radius 3 is 2.36 bits per heavy atom. The molecule has 39 heavy (non-hydrogen) atoms. The average Bonchev–Trinajstić information content (AvgIpc) is 3.61. The van der Waals surface area contributed by atoms with Crippen molar-refractivity contribution in [2.24, 2.45) is 0 Å². The zero-order valence-electron chi connectivity index (χ0n) is 22.5. The van der Waals surface area contributed by atoms with E-state index in [1.807, 2.05) is 38.1 Å². The molecule has 0 saturated heterocycles. The zero-order valence-corrected chi connectivity index (χ0v) is 22.5. The number of H-pyrrole nitrogens is 1. The van der Waals surface area contributed by atoms with Gasteiger partial charge in [0.2, 0.25) is 5.82 Å². The lowest BCUT2D eigenvalue weighted by Crippen LogP contribution is -2.17. The van der Waals surface area contributed by atoms with Crippen LogP contribution in [0.4, 0.5) is 0 Å². The molecule has 4 aromatic heterocycles. The van der Waals surface area contributed by atoms with Crippen molar-refractivity contribution >= 4 is 11.2 Å². The topological polar surface area (TPSA) is 99.2 Å². The average molecular weight is 519 g/mol. The first-order valence-electron chi connectivity index (χ1n) is 13.1. The Morgan fingerprint density at radius 1 is 0.872 bits per heavy atom. The Kier molecular flexibility index (Phi) is 6.18. The minimum atomic E-state index is -0.155. The van der Waals surface area contributed by atoms with Gasteiger partial charge in [-0.25, -0.2) is 9.78 Å². The summed E-state index contributed by atoms with van der Waals surface area (Å²) in [5.41, 5.74) is 9.55. The Balaban J connectivity index is 1.33. The Bertz CT molecular complexity index is 1840. The molecule has 0 aliphatic heterocycles. The Labute approximate surface area is 225 Å². The number of hydrogen-bond donors (Lipinski definition) is 1. The molecule has 4 heterocycles. The van der Waals surface area contributed by atoms with Crippen molar-refractivity contribution < 1.29 is 0 Å². The monoisotopic (exact) mass is 518 g/mol. The highest BCUT2D eigenvalue weighted by atomic mass is 16.1. The van der Waals surface area contributed by atoms with Crippen molar-refractivity contribution in [3.05, 3.63) is 105 Å². The van der Waals surface area contributed by atoms with Gasteiger partial charge in [-0.15, -0.1) is 10.2 Å². The van der Waals surface area contributed by atoms with Gasteiger partial charge in [0.25, 0.3) is 0 Å². The second-order valence-electron chi connectivity index (χ2n) is 9.91. The quantitative estimate of drug-likeness (QED) is 0.324. The number of nitrogens with one attached hydrogen (secondary N) is 1. The van der Waals surface area contributed by atoms with Crippen LogP contribution in [0.5, 0.6) is 0 Å². The maximum Gasteiger partial charge on any atom is 0.327 e. The number of aromatic nitrogens is 8. The number of imidazole rings is 1. The van der Waals surface area contributed by atoms with Gasteiger partial charge in [-0.05, 0) is 67.3 Å². The van der Waals surface area contributed by atoms with E-state index in [1.165, 1.54) is 0 Å². The molecule has 0 radical (unpaired) electrons. The molecule has 9 nitrogen and oxygen atoms in total. The predicted octanol–water partition coefficient (Wildman–Crippen LogP) is 4.89. The van der Waals surface area contributed by atoms with Gasteiger partial charge in [-0.3, -0.25) is 4.57 Å². The summed E-state index contributed by atoms with van der Waals surface area (Å²) in [6.07, 6.45) is 0. The van der Waals surface area contributed by atoms with Crippen LogP contribution in [-0.2, 0) is 19.6 Å². The molecule has 0 aliphatic carbocycles. The van der Waals surface area contributed by atoms with Crippen LogP contribution >= 0.6 is 0 Å². The van der Waals surface area contributed by atoms with Gasteiger partial charge in [-0.1, -0.05) is 54.6 Å². The van der Waals surface area contributed by atoms with E-state index in [1.54, 1.807) is 9.36 Å². The van der Waals surface area contributed by atoms with Crippen molar-refractivity contribution in [1.82, 2.24) is 39.3 Å².